The lowest BCUT2D eigenvalue weighted by Gasteiger charge is -2.24. The van der Waals surface area contributed by atoms with Gasteiger partial charge in [-0.05, 0) is 60.5 Å². The van der Waals surface area contributed by atoms with Crippen LogP contribution in [0.5, 0.6) is 5.75 Å². The molecule has 0 radical (unpaired) electrons. The van der Waals surface area contributed by atoms with Crippen LogP contribution in [0.3, 0.4) is 0 Å². The van der Waals surface area contributed by atoms with E-state index in [9.17, 15) is 4.79 Å². The van der Waals surface area contributed by atoms with Gasteiger partial charge >= 0.3 is 0 Å². The highest BCUT2D eigenvalue weighted by Crippen LogP contribution is 2.31. The van der Waals surface area contributed by atoms with E-state index in [4.69, 9.17) is 4.74 Å². The maximum Gasteiger partial charge on any atom is 0.172 e. The van der Waals surface area contributed by atoms with E-state index >= 15 is 0 Å². The molecule has 0 aromatic heterocycles. The summed E-state index contributed by atoms with van der Waals surface area (Å²) in [5.41, 5.74) is 1.13. The zero-order valence-electron chi connectivity index (χ0n) is 12.5. The molecule has 0 bridgehead atoms. The number of rotatable bonds is 5. The summed E-state index contributed by atoms with van der Waals surface area (Å²) >= 11 is 3.46. The molecule has 110 valence electrons. The first-order valence-corrected chi connectivity index (χ1v) is 7.78. The molecule has 3 heteroatoms. The first-order valence-electron chi connectivity index (χ1n) is 6.99. The fourth-order valence-electron chi connectivity index (χ4n) is 2.26. The molecule has 2 nitrogen and oxygen atoms in total. The summed E-state index contributed by atoms with van der Waals surface area (Å²) in [5.74, 6) is 0.851. The van der Waals surface area contributed by atoms with Crippen molar-refractivity contribution >= 4 is 21.7 Å². The fourth-order valence-corrected chi connectivity index (χ4v) is 2.75. The smallest absolute Gasteiger partial charge is 0.172 e. The number of hydrogen-bond donors (Lipinski definition) is 0. The van der Waals surface area contributed by atoms with E-state index in [0.717, 1.165) is 15.8 Å². The van der Waals surface area contributed by atoms with Gasteiger partial charge in [-0.25, -0.2) is 0 Å². The van der Waals surface area contributed by atoms with E-state index in [2.05, 4.69) is 15.9 Å². The summed E-state index contributed by atoms with van der Waals surface area (Å²) in [6.07, 6.45) is 0. The normalized spacial score (nSPS) is 11.2. The zero-order chi connectivity index (χ0) is 15.5. The largest absolute Gasteiger partial charge is 0.493 e. The third kappa shape index (κ3) is 3.35. The van der Waals surface area contributed by atoms with Crippen molar-refractivity contribution in [2.45, 2.75) is 26.2 Å². The average molecular weight is 347 g/mol. The van der Waals surface area contributed by atoms with Gasteiger partial charge in [0.15, 0.2) is 5.78 Å². The summed E-state index contributed by atoms with van der Waals surface area (Å²) in [6, 6.07) is 15.3. The molecule has 0 saturated heterocycles. The van der Waals surface area contributed by atoms with Crippen LogP contribution in [-0.2, 0) is 5.41 Å². The maximum absolute atomic E-state index is 12.8. The van der Waals surface area contributed by atoms with E-state index in [1.54, 1.807) is 0 Å². The van der Waals surface area contributed by atoms with Gasteiger partial charge < -0.3 is 4.74 Å². The van der Waals surface area contributed by atoms with Crippen molar-refractivity contribution in [3.8, 4) is 5.75 Å². The quantitative estimate of drug-likeness (QED) is 0.711. The molecule has 0 spiro atoms. The Morgan fingerprint density at radius 3 is 2.38 bits per heavy atom. The molecule has 2 rings (SSSR count). The van der Waals surface area contributed by atoms with Crippen LogP contribution in [0.1, 0.15) is 36.7 Å². The Morgan fingerprint density at radius 1 is 1.14 bits per heavy atom. The standard InChI is InChI=1S/C18H19BrO2/c1-4-21-16-11-10-13(12-15(16)19)17(20)18(2,3)14-8-6-5-7-9-14/h5-12H,4H2,1-3H3. The van der Waals surface area contributed by atoms with Gasteiger partial charge in [-0.2, -0.15) is 0 Å². The lowest BCUT2D eigenvalue weighted by Crippen LogP contribution is -2.29. The average Bonchev–Trinajstić information content (AvgIpc) is 2.49. The number of hydrogen-bond acceptors (Lipinski definition) is 2. The monoisotopic (exact) mass is 346 g/mol. The molecule has 0 heterocycles. The Morgan fingerprint density at radius 2 is 1.81 bits per heavy atom. The van der Waals surface area contributed by atoms with Crippen LogP contribution in [0.25, 0.3) is 0 Å². The number of benzene rings is 2. The third-order valence-corrected chi connectivity index (χ3v) is 4.18. The molecule has 2 aromatic carbocycles. The topological polar surface area (TPSA) is 26.3 Å². The molecule has 0 atom stereocenters. The Hall–Kier alpha value is -1.61. The van der Waals surface area contributed by atoms with Gasteiger partial charge in [0.25, 0.3) is 0 Å². The van der Waals surface area contributed by atoms with Gasteiger partial charge in [-0.3, -0.25) is 4.79 Å². The highest BCUT2D eigenvalue weighted by Gasteiger charge is 2.30. The Balaban J connectivity index is 2.33. The summed E-state index contributed by atoms with van der Waals surface area (Å²) in [7, 11) is 0. The van der Waals surface area contributed by atoms with Crippen molar-refractivity contribution in [3.05, 3.63) is 64.1 Å². The fraction of sp³-hybridized carbons (Fsp3) is 0.278. The molecule has 0 saturated carbocycles. The predicted octanol–water partition coefficient (Wildman–Crippen LogP) is 5.01. The molecule has 0 N–H and O–H groups in total. The molecule has 0 unspecified atom stereocenters. The molecular formula is C18H19BrO2. The summed E-state index contributed by atoms with van der Waals surface area (Å²) in [6.45, 7) is 6.44. The molecule has 2 aromatic rings. The lowest BCUT2D eigenvalue weighted by atomic mass is 9.78. The summed E-state index contributed by atoms with van der Waals surface area (Å²) < 4.78 is 6.29. The third-order valence-electron chi connectivity index (χ3n) is 3.56. The second-order valence-electron chi connectivity index (χ2n) is 5.40. The van der Waals surface area contributed by atoms with Crippen LogP contribution in [-0.4, -0.2) is 12.4 Å². The maximum atomic E-state index is 12.8. The Labute approximate surface area is 134 Å². The number of carbonyl (C=O) groups excluding carboxylic acids is 1. The predicted molar refractivity (Wildman–Crippen MR) is 89.1 cm³/mol. The van der Waals surface area contributed by atoms with E-state index in [-0.39, 0.29) is 5.78 Å². The summed E-state index contributed by atoms with van der Waals surface area (Å²) in [5, 5.41) is 0. The first-order chi connectivity index (χ1) is 9.96. The molecule has 0 aliphatic carbocycles. The van der Waals surface area contributed by atoms with Crippen LogP contribution < -0.4 is 4.74 Å². The number of ketones is 1. The van der Waals surface area contributed by atoms with Crippen molar-refractivity contribution in [2.24, 2.45) is 0 Å². The zero-order valence-corrected chi connectivity index (χ0v) is 14.1. The van der Waals surface area contributed by atoms with Gasteiger partial charge in [0.05, 0.1) is 16.5 Å². The first kappa shape index (κ1) is 15.8. The lowest BCUT2D eigenvalue weighted by molar-refractivity contribution is 0.0908. The van der Waals surface area contributed by atoms with Crippen LogP contribution in [0, 0.1) is 0 Å². The van der Waals surface area contributed by atoms with Crippen molar-refractivity contribution in [3.63, 3.8) is 0 Å². The van der Waals surface area contributed by atoms with Gasteiger partial charge in [0, 0.05) is 5.56 Å². The Kier molecular flexibility index (Phi) is 4.84. The summed E-state index contributed by atoms with van der Waals surface area (Å²) in [4.78, 5) is 12.8. The van der Waals surface area contributed by atoms with Crippen LogP contribution >= 0.6 is 15.9 Å². The molecule has 0 aliphatic heterocycles. The van der Waals surface area contributed by atoms with Crippen molar-refractivity contribution in [2.75, 3.05) is 6.61 Å². The van der Waals surface area contributed by atoms with Crippen LogP contribution in [0.15, 0.2) is 53.0 Å². The van der Waals surface area contributed by atoms with Gasteiger partial charge in [-0.15, -0.1) is 0 Å². The van der Waals surface area contributed by atoms with E-state index in [1.807, 2.05) is 69.3 Å². The molecule has 0 aliphatic rings. The second-order valence-corrected chi connectivity index (χ2v) is 6.25. The Bertz CT molecular complexity index is 633. The molecule has 0 amide bonds. The van der Waals surface area contributed by atoms with Crippen LogP contribution in [0.4, 0.5) is 0 Å². The molecule has 21 heavy (non-hydrogen) atoms. The highest BCUT2D eigenvalue weighted by atomic mass is 79.9. The van der Waals surface area contributed by atoms with E-state index < -0.39 is 5.41 Å². The minimum atomic E-state index is -0.562. The molecular weight excluding hydrogens is 328 g/mol. The minimum absolute atomic E-state index is 0.0949. The van der Waals surface area contributed by atoms with Crippen LogP contribution in [0.2, 0.25) is 0 Å². The minimum Gasteiger partial charge on any atom is -0.493 e. The van der Waals surface area contributed by atoms with Gasteiger partial charge in [0.1, 0.15) is 5.75 Å². The number of carbonyl (C=O) groups is 1. The van der Waals surface area contributed by atoms with Gasteiger partial charge in [0.2, 0.25) is 0 Å². The molecule has 0 fully saturated rings. The van der Waals surface area contributed by atoms with Crippen molar-refractivity contribution in [1.82, 2.24) is 0 Å². The van der Waals surface area contributed by atoms with E-state index in [0.29, 0.717) is 12.2 Å². The highest BCUT2D eigenvalue weighted by molar-refractivity contribution is 9.10. The number of Topliss-reactive ketones (excluding diaryl/α,β-unsaturated/α-hetero) is 1. The van der Waals surface area contributed by atoms with Crippen molar-refractivity contribution in [1.29, 1.82) is 0 Å². The second kappa shape index (κ2) is 6.44. The number of ether oxygens (including phenoxy) is 1. The number of halogens is 1. The van der Waals surface area contributed by atoms with Gasteiger partial charge in [-0.1, -0.05) is 30.3 Å². The SMILES string of the molecule is CCOc1ccc(C(=O)C(C)(C)c2ccccc2)cc1Br. The van der Waals surface area contributed by atoms with Crippen molar-refractivity contribution < 1.29 is 9.53 Å². The van der Waals surface area contributed by atoms with E-state index in [1.165, 1.54) is 0 Å².